The standard InChI is InChI=1S/C14H21BrN2OS/c1-10-4-3-5-14(16,7-10)13(18)17(2)8-12-6-11(15)9-19-12/h6,9-10H,3-5,7-8,16H2,1-2H3. The van der Waals surface area contributed by atoms with E-state index in [1.807, 2.05) is 12.4 Å². The molecule has 1 saturated carbocycles. The largest absolute Gasteiger partial charge is 0.339 e. The first-order valence-electron chi connectivity index (χ1n) is 6.68. The molecule has 2 rings (SSSR count). The number of thiophene rings is 1. The molecule has 1 aromatic heterocycles. The molecular formula is C14H21BrN2OS. The van der Waals surface area contributed by atoms with E-state index in [4.69, 9.17) is 5.73 Å². The van der Waals surface area contributed by atoms with Crippen LogP contribution in [-0.2, 0) is 11.3 Å². The van der Waals surface area contributed by atoms with Crippen LogP contribution in [-0.4, -0.2) is 23.4 Å². The van der Waals surface area contributed by atoms with E-state index in [0.717, 1.165) is 23.7 Å². The number of carbonyl (C=O) groups is 1. The highest BCUT2D eigenvalue weighted by molar-refractivity contribution is 9.10. The van der Waals surface area contributed by atoms with Crippen LogP contribution in [0, 0.1) is 5.92 Å². The van der Waals surface area contributed by atoms with Gasteiger partial charge in [-0.2, -0.15) is 0 Å². The van der Waals surface area contributed by atoms with Crippen molar-refractivity contribution in [2.24, 2.45) is 11.7 Å². The third-order valence-electron chi connectivity index (χ3n) is 3.82. The maximum Gasteiger partial charge on any atom is 0.242 e. The number of hydrogen-bond donors (Lipinski definition) is 1. The fourth-order valence-corrected chi connectivity index (χ4v) is 4.41. The summed E-state index contributed by atoms with van der Waals surface area (Å²) in [6.45, 7) is 2.83. The summed E-state index contributed by atoms with van der Waals surface area (Å²) in [5, 5.41) is 2.04. The van der Waals surface area contributed by atoms with Gasteiger partial charge in [-0.25, -0.2) is 0 Å². The predicted molar refractivity (Wildman–Crippen MR) is 83.0 cm³/mol. The first-order valence-corrected chi connectivity index (χ1v) is 8.35. The topological polar surface area (TPSA) is 46.3 Å². The second-order valence-electron chi connectivity index (χ2n) is 5.75. The fraction of sp³-hybridized carbons (Fsp3) is 0.643. The second-order valence-corrected chi connectivity index (χ2v) is 7.66. The zero-order valence-electron chi connectivity index (χ0n) is 11.5. The molecule has 1 aromatic rings. The minimum Gasteiger partial charge on any atom is -0.339 e. The van der Waals surface area contributed by atoms with E-state index in [1.54, 1.807) is 16.2 Å². The molecule has 3 nitrogen and oxygen atoms in total. The fourth-order valence-electron chi connectivity index (χ4n) is 2.91. The Morgan fingerprint density at radius 2 is 2.42 bits per heavy atom. The van der Waals surface area contributed by atoms with Crippen LogP contribution in [0.1, 0.15) is 37.5 Å². The summed E-state index contributed by atoms with van der Waals surface area (Å²) >= 11 is 5.10. The molecule has 106 valence electrons. The lowest BCUT2D eigenvalue weighted by Crippen LogP contribution is -2.56. The molecule has 1 amide bonds. The molecule has 2 atom stereocenters. The van der Waals surface area contributed by atoms with Crippen LogP contribution in [0.25, 0.3) is 0 Å². The molecule has 5 heteroatoms. The van der Waals surface area contributed by atoms with Gasteiger partial charge < -0.3 is 10.6 Å². The van der Waals surface area contributed by atoms with E-state index >= 15 is 0 Å². The van der Waals surface area contributed by atoms with Gasteiger partial charge in [0.1, 0.15) is 0 Å². The van der Waals surface area contributed by atoms with Gasteiger partial charge >= 0.3 is 0 Å². The lowest BCUT2D eigenvalue weighted by atomic mass is 9.76. The number of amides is 1. The van der Waals surface area contributed by atoms with E-state index in [0.29, 0.717) is 12.5 Å². The SMILES string of the molecule is CC1CCCC(N)(C(=O)N(C)Cc2cc(Br)cs2)C1. The number of hydrogen-bond acceptors (Lipinski definition) is 3. The minimum absolute atomic E-state index is 0.0866. The molecular weight excluding hydrogens is 324 g/mol. The van der Waals surface area contributed by atoms with Crippen LogP contribution >= 0.6 is 27.3 Å². The minimum atomic E-state index is -0.652. The van der Waals surface area contributed by atoms with Crippen molar-refractivity contribution in [1.29, 1.82) is 0 Å². The number of nitrogens with two attached hydrogens (primary N) is 1. The quantitative estimate of drug-likeness (QED) is 0.913. The molecule has 1 aliphatic rings. The van der Waals surface area contributed by atoms with Crippen LogP contribution in [0.5, 0.6) is 0 Å². The van der Waals surface area contributed by atoms with E-state index < -0.39 is 5.54 Å². The van der Waals surface area contributed by atoms with Crippen LogP contribution in [0.4, 0.5) is 0 Å². The Labute approximate surface area is 127 Å². The van der Waals surface area contributed by atoms with Gasteiger partial charge in [0, 0.05) is 21.8 Å². The second kappa shape index (κ2) is 5.94. The Morgan fingerprint density at radius 1 is 1.68 bits per heavy atom. The number of rotatable bonds is 3. The highest BCUT2D eigenvalue weighted by atomic mass is 79.9. The number of halogens is 1. The van der Waals surface area contributed by atoms with Crippen molar-refractivity contribution in [2.45, 2.75) is 44.7 Å². The number of likely N-dealkylation sites (N-methyl/N-ethyl adjacent to an activating group) is 1. The molecule has 2 N–H and O–H groups in total. The van der Waals surface area contributed by atoms with E-state index in [-0.39, 0.29) is 5.91 Å². The molecule has 1 fully saturated rings. The van der Waals surface area contributed by atoms with Crippen molar-refractivity contribution < 1.29 is 4.79 Å². The summed E-state index contributed by atoms with van der Waals surface area (Å²) in [6.07, 6.45) is 3.87. The molecule has 19 heavy (non-hydrogen) atoms. The Hall–Kier alpha value is -0.390. The van der Waals surface area contributed by atoms with Gasteiger partial charge in [-0.15, -0.1) is 11.3 Å². The van der Waals surface area contributed by atoms with Crippen molar-refractivity contribution in [3.05, 3.63) is 20.8 Å². The van der Waals surface area contributed by atoms with Crippen LogP contribution in [0.3, 0.4) is 0 Å². The summed E-state index contributed by atoms with van der Waals surface area (Å²) in [4.78, 5) is 15.5. The number of carbonyl (C=O) groups excluding carboxylic acids is 1. The van der Waals surface area contributed by atoms with Crippen molar-refractivity contribution in [3.63, 3.8) is 0 Å². The molecule has 0 spiro atoms. The van der Waals surface area contributed by atoms with Gasteiger partial charge in [0.05, 0.1) is 12.1 Å². The van der Waals surface area contributed by atoms with Crippen molar-refractivity contribution in [2.75, 3.05) is 7.05 Å². The monoisotopic (exact) mass is 344 g/mol. The van der Waals surface area contributed by atoms with Crippen molar-refractivity contribution >= 4 is 33.2 Å². The summed E-state index contributed by atoms with van der Waals surface area (Å²) < 4.78 is 1.07. The lowest BCUT2D eigenvalue weighted by Gasteiger charge is -2.38. The van der Waals surface area contributed by atoms with E-state index in [2.05, 4.69) is 28.9 Å². The van der Waals surface area contributed by atoms with Gasteiger partial charge in [-0.1, -0.05) is 19.8 Å². The van der Waals surface area contributed by atoms with Crippen LogP contribution in [0.15, 0.2) is 15.9 Å². The average Bonchev–Trinajstić information content (AvgIpc) is 2.73. The van der Waals surface area contributed by atoms with Crippen LogP contribution < -0.4 is 5.73 Å². The summed E-state index contributed by atoms with van der Waals surface area (Å²) in [5.41, 5.74) is 5.70. The summed E-state index contributed by atoms with van der Waals surface area (Å²) in [7, 11) is 1.85. The smallest absolute Gasteiger partial charge is 0.242 e. The molecule has 2 unspecified atom stereocenters. The van der Waals surface area contributed by atoms with Gasteiger partial charge in [-0.3, -0.25) is 4.79 Å². The molecule has 0 saturated heterocycles. The first kappa shape index (κ1) is 15.0. The normalized spacial score (nSPS) is 27.3. The highest BCUT2D eigenvalue weighted by Crippen LogP contribution is 2.32. The third kappa shape index (κ3) is 3.58. The zero-order valence-corrected chi connectivity index (χ0v) is 13.9. The van der Waals surface area contributed by atoms with E-state index in [1.165, 1.54) is 11.3 Å². The van der Waals surface area contributed by atoms with Gasteiger partial charge in [-0.05, 0) is 40.8 Å². The summed E-state index contributed by atoms with van der Waals surface area (Å²) in [6, 6.07) is 2.06. The first-order chi connectivity index (χ1) is 8.90. The molecule has 0 aliphatic heterocycles. The van der Waals surface area contributed by atoms with Crippen molar-refractivity contribution in [1.82, 2.24) is 4.90 Å². The zero-order chi connectivity index (χ0) is 14.0. The predicted octanol–water partition coefficient (Wildman–Crippen LogP) is 3.38. The molecule has 1 aliphatic carbocycles. The van der Waals surface area contributed by atoms with Gasteiger partial charge in [0.25, 0.3) is 0 Å². The Kier molecular flexibility index (Phi) is 4.69. The van der Waals surface area contributed by atoms with Gasteiger partial charge in [0.15, 0.2) is 0 Å². The molecule has 0 bridgehead atoms. The van der Waals surface area contributed by atoms with Gasteiger partial charge in [0.2, 0.25) is 5.91 Å². The van der Waals surface area contributed by atoms with Crippen LogP contribution in [0.2, 0.25) is 0 Å². The maximum atomic E-state index is 12.6. The van der Waals surface area contributed by atoms with E-state index in [9.17, 15) is 4.79 Å². The molecule has 0 radical (unpaired) electrons. The molecule has 0 aromatic carbocycles. The Morgan fingerprint density at radius 3 is 3.00 bits per heavy atom. The highest BCUT2D eigenvalue weighted by Gasteiger charge is 2.39. The Balaban J connectivity index is 2.01. The number of nitrogens with zero attached hydrogens (tertiary/aromatic N) is 1. The maximum absolute atomic E-state index is 12.6. The average molecular weight is 345 g/mol. The third-order valence-corrected chi connectivity index (χ3v) is 5.50. The molecule has 1 heterocycles. The Bertz CT molecular complexity index is 462. The lowest BCUT2D eigenvalue weighted by molar-refractivity contribution is -0.138. The van der Waals surface area contributed by atoms with Crippen molar-refractivity contribution in [3.8, 4) is 0 Å². The summed E-state index contributed by atoms with van der Waals surface area (Å²) in [5.74, 6) is 0.635.